The molecule has 1 atom stereocenters. The first-order chi connectivity index (χ1) is 3.30. The molecule has 0 aromatic heterocycles. The summed E-state index contributed by atoms with van der Waals surface area (Å²) in [5.74, 6) is 0. The van der Waals surface area contributed by atoms with Gasteiger partial charge in [0.05, 0.1) is 0 Å². The van der Waals surface area contributed by atoms with Crippen LogP contribution in [0.4, 0.5) is 0 Å². The average molecular weight is 186 g/mol. The first kappa shape index (κ1) is 9.06. The number of nitrogens with zero attached hydrogens (tertiary/aromatic N) is 1. The van der Waals surface area contributed by atoms with E-state index in [1.807, 2.05) is 0 Å². The molecular weight excluding hydrogens is 175 g/mol. The van der Waals surface area contributed by atoms with Gasteiger partial charge in [-0.05, 0) is 13.6 Å². The van der Waals surface area contributed by atoms with Crippen molar-refractivity contribution in [1.82, 2.24) is 4.90 Å². The Morgan fingerprint density at radius 3 is 2.50 bits per heavy atom. The van der Waals surface area contributed by atoms with Crippen molar-refractivity contribution in [2.45, 2.75) is 12.5 Å². The summed E-state index contributed by atoms with van der Waals surface area (Å²) < 4.78 is 0. The monoisotopic (exact) mass is 186 g/mol. The van der Waals surface area contributed by atoms with Crippen molar-refractivity contribution in [2.24, 2.45) is 0 Å². The van der Waals surface area contributed by atoms with E-state index in [4.69, 9.17) is 0 Å². The minimum absolute atomic E-state index is 0. The van der Waals surface area contributed by atoms with E-state index in [0.29, 0.717) is 6.04 Å². The second kappa shape index (κ2) is 3.97. The molecule has 1 aliphatic heterocycles. The second-order valence-corrected chi connectivity index (χ2v) is 2.07. The molecule has 1 aliphatic rings. The van der Waals surface area contributed by atoms with Crippen LogP contribution in [-0.2, 0) is 32.7 Å². The molecular formula is C6H11NY-2. The van der Waals surface area contributed by atoms with Crippen LogP contribution in [0.25, 0.3) is 0 Å². The van der Waals surface area contributed by atoms with Gasteiger partial charge in [-0.1, -0.05) is 0 Å². The van der Waals surface area contributed by atoms with Crippen LogP contribution >= 0.6 is 0 Å². The molecule has 1 rings (SSSR count). The van der Waals surface area contributed by atoms with E-state index >= 15 is 0 Å². The molecule has 1 radical (unpaired) electrons. The van der Waals surface area contributed by atoms with Crippen LogP contribution in [0.2, 0.25) is 0 Å². The Morgan fingerprint density at radius 1 is 1.75 bits per heavy atom. The summed E-state index contributed by atoms with van der Waals surface area (Å²) in [5.41, 5.74) is 0. The molecule has 0 spiro atoms. The van der Waals surface area contributed by atoms with Gasteiger partial charge >= 0.3 is 0 Å². The summed E-state index contributed by atoms with van der Waals surface area (Å²) in [6.45, 7) is 5.08. The van der Waals surface area contributed by atoms with Crippen LogP contribution in [0, 0.1) is 13.3 Å². The first-order valence-corrected chi connectivity index (χ1v) is 2.67. The van der Waals surface area contributed by atoms with Gasteiger partial charge in [-0.3, -0.25) is 0 Å². The molecule has 1 unspecified atom stereocenters. The van der Waals surface area contributed by atoms with E-state index in [9.17, 15) is 0 Å². The van der Waals surface area contributed by atoms with Gasteiger partial charge in [0.1, 0.15) is 0 Å². The fraction of sp³-hybridized carbons (Fsp3) is 0.667. The van der Waals surface area contributed by atoms with Crippen molar-refractivity contribution in [1.29, 1.82) is 0 Å². The third kappa shape index (κ3) is 2.12. The maximum Gasteiger partial charge on any atom is 0 e. The summed E-state index contributed by atoms with van der Waals surface area (Å²) in [5, 5.41) is 0. The number of rotatable bonds is 0. The molecule has 2 heteroatoms. The Morgan fingerprint density at radius 2 is 2.38 bits per heavy atom. The van der Waals surface area contributed by atoms with Gasteiger partial charge in [-0.25, -0.2) is 6.04 Å². The molecule has 45 valence electrons. The van der Waals surface area contributed by atoms with E-state index < -0.39 is 0 Å². The summed E-state index contributed by atoms with van der Waals surface area (Å²) >= 11 is 0. The summed E-state index contributed by atoms with van der Waals surface area (Å²) in [4.78, 5) is 2.24. The van der Waals surface area contributed by atoms with Crippen LogP contribution in [0.1, 0.15) is 6.42 Å². The van der Waals surface area contributed by atoms with Crippen molar-refractivity contribution in [2.75, 3.05) is 13.6 Å². The van der Waals surface area contributed by atoms with Crippen LogP contribution < -0.4 is 0 Å². The van der Waals surface area contributed by atoms with E-state index in [2.05, 4.69) is 25.3 Å². The zero-order chi connectivity index (χ0) is 5.28. The first-order valence-electron chi connectivity index (χ1n) is 2.67. The quantitative estimate of drug-likeness (QED) is 0.504. The fourth-order valence-corrected chi connectivity index (χ4v) is 0.816. The van der Waals surface area contributed by atoms with Crippen molar-refractivity contribution in [3.63, 3.8) is 0 Å². The Balaban J connectivity index is 0.000000490. The largest absolute Gasteiger partial charge is 0.363 e. The Kier molecular flexibility index (Phi) is 4.50. The molecule has 0 aromatic rings. The second-order valence-electron chi connectivity index (χ2n) is 2.07. The van der Waals surface area contributed by atoms with Gasteiger partial charge in [0.25, 0.3) is 0 Å². The Hall–Kier alpha value is 1.06. The molecule has 0 aliphatic carbocycles. The van der Waals surface area contributed by atoms with E-state index in [0.717, 1.165) is 0 Å². The van der Waals surface area contributed by atoms with Crippen molar-refractivity contribution in [3.8, 4) is 0 Å². The van der Waals surface area contributed by atoms with Crippen molar-refractivity contribution in [3.05, 3.63) is 13.3 Å². The van der Waals surface area contributed by atoms with Gasteiger partial charge in [0, 0.05) is 32.7 Å². The predicted molar refractivity (Wildman–Crippen MR) is 30.7 cm³/mol. The molecule has 1 saturated heterocycles. The Bertz CT molecular complexity index is 57.5. The zero-order valence-electron chi connectivity index (χ0n) is 5.30. The third-order valence-electron chi connectivity index (χ3n) is 1.49. The van der Waals surface area contributed by atoms with Crippen molar-refractivity contribution < 1.29 is 32.7 Å². The molecule has 1 heterocycles. The summed E-state index contributed by atoms with van der Waals surface area (Å²) in [6, 6.07) is 0.472. The minimum Gasteiger partial charge on any atom is -0.363 e. The predicted octanol–water partition coefficient (Wildman–Crippen LogP) is 0.726. The molecule has 0 amide bonds. The fourth-order valence-electron chi connectivity index (χ4n) is 0.816. The number of likely N-dealkylation sites (tertiary alicyclic amines) is 1. The number of hydrogen-bond donors (Lipinski definition) is 0. The maximum absolute atomic E-state index is 3.89. The standard InChI is InChI=1S/C6H11N.Y/c1-6-4-3-5-7(6)2;/h4,6H,1,3,5H2,2H3;/q-2;. The molecule has 8 heavy (non-hydrogen) atoms. The summed E-state index contributed by atoms with van der Waals surface area (Å²) in [6.07, 6.45) is 3.45. The molecule has 0 N–H and O–H groups in total. The van der Waals surface area contributed by atoms with Gasteiger partial charge < -0.3 is 18.2 Å². The van der Waals surface area contributed by atoms with E-state index in [1.165, 1.54) is 13.0 Å². The smallest absolute Gasteiger partial charge is 0 e. The minimum atomic E-state index is 0. The van der Waals surface area contributed by atoms with E-state index in [-0.39, 0.29) is 32.7 Å². The van der Waals surface area contributed by atoms with Crippen LogP contribution in [0.5, 0.6) is 0 Å². The molecule has 0 saturated carbocycles. The van der Waals surface area contributed by atoms with Crippen LogP contribution in [-0.4, -0.2) is 24.5 Å². The normalized spacial score (nSPS) is 30.0. The summed E-state index contributed by atoms with van der Waals surface area (Å²) in [7, 11) is 2.10. The molecule has 1 fully saturated rings. The van der Waals surface area contributed by atoms with Crippen LogP contribution in [0.15, 0.2) is 0 Å². The van der Waals surface area contributed by atoms with E-state index in [1.54, 1.807) is 0 Å². The SMILES string of the molecule is [CH2-]C1[CH-]CCN1C.[Y]. The molecule has 1 nitrogen and oxygen atoms in total. The average Bonchev–Trinajstić information content (AvgIpc) is 1.91. The van der Waals surface area contributed by atoms with Gasteiger partial charge in [0.15, 0.2) is 0 Å². The third-order valence-corrected chi connectivity index (χ3v) is 1.49. The Labute approximate surface area is 76.7 Å². The van der Waals surface area contributed by atoms with Gasteiger partial charge in [-0.2, -0.15) is 6.42 Å². The number of hydrogen-bond acceptors (Lipinski definition) is 1. The topological polar surface area (TPSA) is 3.24 Å². The van der Waals surface area contributed by atoms with Gasteiger partial charge in [-0.15, -0.1) is 0 Å². The van der Waals surface area contributed by atoms with Gasteiger partial charge in [0.2, 0.25) is 0 Å². The zero-order valence-corrected chi connectivity index (χ0v) is 8.14. The maximum atomic E-state index is 3.89. The van der Waals surface area contributed by atoms with Crippen LogP contribution in [0.3, 0.4) is 0 Å². The molecule has 0 aromatic carbocycles. The molecule has 0 bridgehead atoms. The van der Waals surface area contributed by atoms with Crippen molar-refractivity contribution >= 4 is 0 Å².